The Morgan fingerprint density at radius 2 is 1.89 bits per heavy atom. The van der Waals surface area contributed by atoms with Crippen LogP contribution in [0.25, 0.3) is 0 Å². The molecule has 28 heavy (non-hydrogen) atoms. The van der Waals surface area contributed by atoms with Crippen LogP contribution in [0.5, 0.6) is 0 Å². The zero-order chi connectivity index (χ0) is 19.1. The lowest BCUT2D eigenvalue weighted by Crippen LogP contribution is -2.40. The maximum absolute atomic E-state index is 12.6. The number of rotatable bonds is 7. The van der Waals surface area contributed by atoms with Gasteiger partial charge in [-0.1, -0.05) is 23.8 Å². The van der Waals surface area contributed by atoms with Crippen LogP contribution >= 0.6 is 12.4 Å². The minimum atomic E-state index is -3.47. The van der Waals surface area contributed by atoms with Crippen molar-refractivity contribution < 1.29 is 17.9 Å². The van der Waals surface area contributed by atoms with Crippen LogP contribution in [0.4, 0.5) is 0 Å². The van der Waals surface area contributed by atoms with Gasteiger partial charge < -0.3 is 15.4 Å². The third-order valence-electron chi connectivity index (χ3n) is 4.84. The molecule has 1 fully saturated rings. The summed E-state index contributed by atoms with van der Waals surface area (Å²) in [7, 11) is -3.47. The first-order valence-corrected chi connectivity index (χ1v) is 10.8. The van der Waals surface area contributed by atoms with E-state index in [0.717, 1.165) is 25.1 Å². The lowest BCUT2D eigenvalue weighted by molar-refractivity contribution is -0.120. The summed E-state index contributed by atoms with van der Waals surface area (Å²) >= 11 is 0. The van der Waals surface area contributed by atoms with Crippen LogP contribution in [0.1, 0.15) is 18.4 Å². The monoisotopic (exact) mass is 429 g/mol. The number of nitrogens with one attached hydrogen (secondary N) is 2. The standard InChI is InChI=1S/C19H27N3O4S.ClH/c23-19(21-15-17-7-9-20-10-8-17)6-3-16-1-4-18(5-2-16)27(24,25)22-11-13-26-14-12-22;/h1-2,4-5,7,20H,3,6,8-15H2,(H,21,23);1H. The number of nitrogens with zero attached hydrogens (tertiary/aromatic N) is 1. The SMILES string of the molecule is Cl.O=C(CCc1ccc(S(=O)(=O)N2CCOCC2)cc1)NCC1=CCNCC1. The van der Waals surface area contributed by atoms with Crippen LogP contribution in [0.3, 0.4) is 0 Å². The van der Waals surface area contributed by atoms with Gasteiger partial charge in [0, 0.05) is 32.6 Å². The van der Waals surface area contributed by atoms with Crippen LogP contribution in [0.15, 0.2) is 40.8 Å². The minimum absolute atomic E-state index is 0. The first-order chi connectivity index (χ1) is 13.1. The Kier molecular flexibility index (Phi) is 8.91. The Morgan fingerprint density at radius 3 is 2.54 bits per heavy atom. The molecule has 9 heteroatoms. The molecule has 1 amide bonds. The number of aryl methyl sites for hydroxylation is 1. The molecule has 2 aliphatic rings. The third-order valence-corrected chi connectivity index (χ3v) is 6.76. The van der Waals surface area contributed by atoms with Crippen molar-refractivity contribution in [3.8, 4) is 0 Å². The van der Waals surface area contributed by atoms with Crippen LogP contribution in [-0.4, -0.2) is 64.6 Å². The van der Waals surface area contributed by atoms with Gasteiger partial charge in [-0.15, -0.1) is 12.4 Å². The number of carbonyl (C=O) groups is 1. The molecule has 1 aromatic carbocycles. The Labute approximate surface area is 173 Å². The predicted octanol–water partition coefficient (Wildman–Crippen LogP) is 1.10. The topological polar surface area (TPSA) is 87.7 Å². The number of benzene rings is 1. The Bertz CT molecular complexity index is 775. The van der Waals surface area contributed by atoms with Gasteiger partial charge in [-0.3, -0.25) is 4.79 Å². The summed E-state index contributed by atoms with van der Waals surface area (Å²) in [5, 5.41) is 6.20. The van der Waals surface area contributed by atoms with E-state index in [9.17, 15) is 13.2 Å². The largest absolute Gasteiger partial charge is 0.379 e. The number of sulfonamides is 1. The van der Waals surface area contributed by atoms with Crippen molar-refractivity contribution in [1.29, 1.82) is 0 Å². The molecule has 0 spiro atoms. The molecule has 1 saturated heterocycles. The average Bonchev–Trinajstić information content (AvgIpc) is 2.72. The van der Waals surface area contributed by atoms with Gasteiger partial charge >= 0.3 is 0 Å². The van der Waals surface area contributed by atoms with Gasteiger partial charge in [0.2, 0.25) is 15.9 Å². The zero-order valence-corrected chi connectivity index (χ0v) is 17.5. The highest BCUT2D eigenvalue weighted by molar-refractivity contribution is 7.89. The highest BCUT2D eigenvalue weighted by Crippen LogP contribution is 2.18. The highest BCUT2D eigenvalue weighted by Gasteiger charge is 2.26. The molecule has 2 heterocycles. The molecule has 0 saturated carbocycles. The van der Waals surface area contributed by atoms with Gasteiger partial charge in [0.15, 0.2) is 0 Å². The van der Waals surface area contributed by atoms with Crippen molar-refractivity contribution in [2.75, 3.05) is 45.9 Å². The van der Waals surface area contributed by atoms with Crippen LogP contribution in [-0.2, 0) is 26.0 Å². The molecule has 0 unspecified atom stereocenters. The van der Waals surface area contributed by atoms with Crippen LogP contribution < -0.4 is 10.6 Å². The zero-order valence-electron chi connectivity index (χ0n) is 15.9. The third kappa shape index (κ3) is 6.28. The summed E-state index contributed by atoms with van der Waals surface area (Å²) in [6.07, 6.45) is 4.07. The van der Waals surface area contributed by atoms with Crippen molar-refractivity contribution in [3.05, 3.63) is 41.5 Å². The smallest absolute Gasteiger partial charge is 0.243 e. The van der Waals surface area contributed by atoms with Gasteiger partial charge in [0.05, 0.1) is 18.1 Å². The molecule has 3 rings (SSSR count). The number of hydrogen-bond donors (Lipinski definition) is 2. The van der Waals surface area contributed by atoms with E-state index in [1.807, 2.05) is 0 Å². The summed E-state index contributed by atoms with van der Waals surface area (Å²) in [4.78, 5) is 12.3. The Morgan fingerprint density at radius 1 is 1.18 bits per heavy atom. The summed E-state index contributed by atoms with van der Waals surface area (Å²) in [5.74, 6) is 0.0134. The van der Waals surface area contributed by atoms with E-state index in [1.54, 1.807) is 24.3 Å². The fourth-order valence-corrected chi connectivity index (χ4v) is 4.56. The van der Waals surface area contributed by atoms with E-state index >= 15 is 0 Å². The first kappa shape index (κ1) is 22.8. The molecule has 0 bridgehead atoms. The number of morpholine rings is 1. The second kappa shape index (κ2) is 10.9. The number of carbonyl (C=O) groups excluding carboxylic acids is 1. The maximum atomic E-state index is 12.6. The second-order valence-corrected chi connectivity index (χ2v) is 8.69. The fourth-order valence-electron chi connectivity index (χ4n) is 3.15. The number of hydrogen-bond acceptors (Lipinski definition) is 5. The molecule has 0 atom stereocenters. The number of ether oxygens (including phenoxy) is 1. The second-order valence-electron chi connectivity index (χ2n) is 6.75. The van der Waals surface area contributed by atoms with Crippen molar-refractivity contribution in [2.45, 2.75) is 24.2 Å². The highest BCUT2D eigenvalue weighted by atomic mass is 35.5. The molecule has 7 nitrogen and oxygen atoms in total. The van der Waals surface area contributed by atoms with Crippen molar-refractivity contribution in [3.63, 3.8) is 0 Å². The lowest BCUT2D eigenvalue weighted by Gasteiger charge is -2.26. The van der Waals surface area contributed by atoms with E-state index in [4.69, 9.17) is 4.74 Å². The molecule has 156 valence electrons. The van der Waals surface area contributed by atoms with Crippen molar-refractivity contribution in [2.24, 2.45) is 0 Å². The number of halogens is 1. The molecular formula is C19H28ClN3O4S. The van der Waals surface area contributed by atoms with E-state index in [-0.39, 0.29) is 23.2 Å². The molecule has 0 radical (unpaired) electrons. The van der Waals surface area contributed by atoms with Gasteiger partial charge in [-0.2, -0.15) is 4.31 Å². The van der Waals surface area contributed by atoms with Crippen molar-refractivity contribution >= 4 is 28.3 Å². The summed E-state index contributed by atoms with van der Waals surface area (Å²) in [5.41, 5.74) is 2.21. The molecule has 0 aliphatic carbocycles. The molecular weight excluding hydrogens is 402 g/mol. The summed E-state index contributed by atoms with van der Waals surface area (Å²) in [6.45, 7) is 4.07. The summed E-state index contributed by atoms with van der Waals surface area (Å²) < 4.78 is 31.9. The van der Waals surface area contributed by atoms with Gasteiger partial charge in [0.1, 0.15) is 0 Å². The quantitative estimate of drug-likeness (QED) is 0.634. The number of amides is 1. The Hall–Kier alpha value is -1.45. The first-order valence-electron chi connectivity index (χ1n) is 9.38. The summed E-state index contributed by atoms with van der Waals surface area (Å²) in [6, 6.07) is 6.82. The molecule has 2 aliphatic heterocycles. The van der Waals surface area contributed by atoms with Gasteiger partial charge in [0.25, 0.3) is 0 Å². The maximum Gasteiger partial charge on any atom is 0.243 e. The van der Waals surface area contributed by atoms with Gasteiger partial charge in [-0.05, 0) is 37.1 Å². The normalized spacial score (nSPS) is 18.1. The van der Waals surface area contributed by atoms with E-state index in [1.165, 1.54) is 9.88 Å². The molecule has 1 aromatic rings. The Balaban J connectivity index is 0.00000280. The average molecular weight is 430 g/mol. The van der Waals surface area contributed by atoms with E-state index < -0.39 is 10.0 Å². The molecule has 0 aromatic heterocycles. The minimum Gasteiger partial charge on any atom is -0.379 e. The van der Waals surface area contributed by atoms with Crippen LogP contribution in [0, 0.1) is 0 Å². The van der Waals surface area contributed by atoms with E-state index in [0.29, 0.717) is 45.7 Å². The lowest BCUT2D eigenvalue weighted by atomic mass is 10.1. The van der Waals surface area contributed by atoms with Gasteiger partial charge in [-0.25, -0.2) is 8.42 Å². The predicted molar refractivity (Wildman–Crippen MR) is 110 cm³/mol. The molecule has 2 N–H and O–H groups in total. The van der Waals surface area contributed by atoms with Crippen LogP contribution in [0.2, 0.25) is 0 Å². The fraction of sp³-hybridized carbons (Fsp3) is 0.526. The van der Waals surface area contributed by atoms with Crippen molar-refractivity contribution in [1.82, 2.24) is 14.9 Å². The van der Waals surface area contributed by atoms with E-state index in [2.05, 4.69) is 16.7 Å².